The summed E-state index contributed by atoms with van der Waals surface area (Å²) in [6, 6.07) is 3.05. The van der Waals surface area contributed by atoms with E-state index in [1.807, 2.05) is 11.0 Å². The van der Waals surface area contributed by atoms with Gasteiger partial charge in [-0.15, -0.1) is 0 Å². The molecule has 2 amide bonds. The summed E-state index contributed by atoms with van der Waals surface area (Å²) in [4.78, 5) is 25.6. The van der Waals surface area contributed by atoms with Crippen molar-refractivity contribution >= 4 is 12.0 Å². The average Bonchev–Trinajstić information content (AvgIpc) is 3.24. The van der Waals surface area contributed by atoms with Crippen molar-refractivity contribution < 1.29 is 4.79 Å². The Labute approximate surface area is 130 Å². The minimum atomic E-state index is 0.134. The van der Waals surface area contributed by atoms with Crippen LogP contribution in [-0.4, -0.2) is 52.1 Å². The number of carbonyl (C=O) groups is 1. The fraction of sp³-hybridized carbons (Fsp3) is 0.688. The minimum Gasteiger partial charge on any atom is -0.336 e. The molecule has 3 heterocycles. The van der Waals surface area contributed by atoms with Gasteiger partial charge in [0.25, 0.3) is 0 Å². The maximum atomic E-state index is 12.6. The van der Waals surface area contributed by atoms with Crippen molar-refractivity contribution in [3.63, 3.8) is 0 Å². The fourth-order valence-electron chi connectivity index (χ4n) is 4.25. The predicted octanol–water partition coefficient (Wildman–Crippen LogP) is 1.78. The molecule has 1 aromatic rings. The van der Waals surface area contributed by atoms with Gasteiger partial charge in [0.2, 0.25) is 5.95 Å². The van der Waals surface area contributed by atoms with E-state index in [2.05, 4.69) is 20.2 Å². The maximum Gasteiger partial charge on any atom is 0.317 e. The first-order valence-corrected chi connectivity index (χ1v) is 8.44. The molecule has 2 saturated heterocycles. The highest BCUT2D eigenvalue weighted by atomic mass is 16.2. The molecule has 1 aliphatic carbocycles. The summed E-state index contributed by atoms with van der Waals surface area (Å²) in [5.74, 6) is 0.799. The van der Waals surface area contributed by atoms with E-state index in [1.54, 1.807) is 12.4 Å². The zero-order chi connectivity index (χ0) is 14.9. The van der Waals surface area contributed by atoms with Crippen LogP contribution in [0.2, 0.25) is 0 Å². The van der Waals surface area contributed by atoms with Crippen LogP contribution in [0.3, 0.4) is 0 Å². The maximum absolute atomic E-state index is 12.6. The van der Waals surface area contributed by atoms with Gasteiger partial charge in [-0.2, -0.15) is 0 Å². The third-order valence-electron chi connectivity index (χ3n) is 5.33. The Morgan fingerprint density at radius 3 is 2.55 bits per heavy atom. The topological polar surface area (TPSA) is 61.4 Å². The first kappa shape index (κ1) is 13.8. The number of nitrogens with zero attached hydrogens (tertiary/aromatic N) is 4. The van der Waals surface area contributed by atoms with Crippen molar-refractivity contribution in [2.24, 2.45) is 0 Å². The SMILES string of the molecule is O=C(NC1CCCC1)N1CC[C@@H]2[C@@H]1CCN2c1ncccn1. The van der Waals surface area contributed by atoms with E-state index in [0.29, 0.717) is 18.1 Å². The van der Waals surface area contributed by atoms with Crippen LogP contribution in [0.1, 0.15) is 38.5 Å². The summed E-state index contributed by atoms with van der Waals surface area (Å²) >= 11 is 0. The second-order valence-corrected chi connectivity index (χ2v) is 6.58. The van der Waals surface area contributed by atoms with E-state index < -0.39 is 0 Å². The van der Waals surface area contributed by atoms with Gasteiger partial charge in [0.1, 0.15) is 0 Å². The number of hydrogen-bond acceptors (Lipinski definition) is 4. The van der Waals surface area contributed by atoms with Crippen LogP contribution in [0, 0.1) is 0 Å². The van der Waals surface area contributed by atoms with Crippen molar-refractivity contribution in [1.29, 1.82) is 0 Å². The molecule has 1 N–H and O–H groups in total. The highest BCUT2D eigenvalue weighted by molar-refractivity contribution is 5.75. The molecule has 0 unspecified atom stereocenters. The Hall–Kier alpha value is -1.85. The molecule has 6 heteroatoms. The quantitative estimate of drug-likeness (QED) is 0.904. The van der Waals surface area contributed by atoms with Crippen LogP contribution in [-0.2, 0) is 0 Å². The highest BCUT2D eigenvalue weighted by Gasteiger charge is 2.45. The molecule has 3 fully saturated rings. The Morgan fingerprint density at radius 1 is 1.05 bits per heavy atom. The zero-order valence-electron chi connectivity index (χ0n) is 12.8. The third kappa shape index (κ3) is 2.40. The van der Waals surface area contributed by atoms with Gasteiger partial charge in [0, 0.05) is 31.5 Å². The van der Waals surface area contributed by atoms with Crippen LogP contribution in [0.4, 0.5) is 10.7 Å². The van der Waals surface area contributed by atoms with E-state index >= 15 is 0 Å². The lowest BCUT2D eigenvalue weighted by Crippen LogP contribution is -2.47. The van der Waals surface area contributed by atoms with E-state index in [9.17, 15) is 4.79 Å². The summed E-state index contributed by atoms with van der Waals surface area (Å²) in [6.07, 6.45) is 10.4. The molecule has 2 aliphatic heterocycles. The van der Waals surface area contributed by atoms with Crippen molar-refractivity contribution in [3.05, 3.63) is 18.5 Å². The second-order valence-electron chi connectivity index (χ2n) is 6.58. The van der Waals surface area contributed by atoms with Crippen LogP contribution >= 0.6 is 0 Å². The predicted molar refractivity (Wildman–Crippen MR) is 83.7 cm³/mol. The first-order chi connectivity index (χ1) is 10.8. The van der Waals surface area contributed by atoms with Crippen molar-refractivity contribution in [3.8, 4) is 0 Å². The van der Waals surface area contributed by atoms with Crippen molar-refractivity contribution in [2.75, 3.05) is 18.0 Å². The molecule has 3 aliphatic rings. The molecular formula is C16H23N5O. The number of carbonyl (C=O) groups excluding carboxylic acids is 1. The van der Waals surface area contributed by atoms with Gasteiger partial charge in [0.05, 0.1) is 12.1 Å². The van der Waals surface area contributed by atoms with Gasteiger partial charge in [-0.25, -0.2) is 14.8 Å². The number of aromatic nitrogens is 2. The fourth-order valence-corrected chi connectivity index (χ4v) is 4.25. The van der Waals surface area contributed by atoms with Gasteiger partial charge in [-0.1, -0.05) is 12.8 Å². The lowest BCUT2D eigenvalue weighted by atomic mass is 10.1. The van der Waals surface area contributed by atoms with E-state index in [0.717, 1.165) is 44.7 Å². The largest absolute Gasteiger partial charge is 0.336 e. The molecule has 1 aromatic heterocycles. The van der Waals surface area contributed by atoms with Gasteiger partial charge >= 0.3 is 6.03 Å². The van der Waals surface area contributed by atoms with Crippen molar-refractivity contribution in [1.82, 2.24) is 20.2 Å². The average molecular weight is 301 g/mol. The molecule has 4 rings (SSSR count). The van der Waals surface area contributed by atoms with Gasteiger partial charge in [0.15, 0.2) is 0 Å². The number of hydrogen-bond donors (Lipinski definition) is 1. The number of likely N-dealkylation sites (tertiary alicyclic amines) is 1. The lowest BCUT2D eigenvalue weighted by Gasteiger charge is -2.26. The van der Waals surface area contributed by atoms with Gasteiger partial charge in [-0.05, 0) is 31.7 Å². The lowest BCUT2D eigenvalue weighted by molar-refractivity contribution is 0.189. The molecule has 2 atom stereocenters. The van der Waals surface area contributed by atoms with Crippen LogP contribution < -0.4 is 10.2 Å². The first-order valence-electron chi connectivity index (χ1n) is 8.44. The van der Waals surface area contributed by atoms with E-state index in [1.165, 1.54) is 12.8 Å². The molecule has 22 heavy (non-hydrogen) atoms. The smallest absolute Gasteiger partial charge is 0.317 e. The van der Waals surface area contributed by atoms with Crippen molar-refractivity contribution in [2.45, 2.75) is 56.7 Å². The normalized spacial score (nSPS) is 28.2. The summed E-state index contributed by atoms with van der Waals surface area (Å²) in [5.41, 5.74) is 0. The van der Waals surface area contributed by atoms with Gasteiger partial charge < -0.3 is 15.1 Å². The number of amides is 2. The van der Waals surface area contributed by atoms with Crippen LogP contribution in [0.15, 0.2) is 18.5 Å². The number of urea groups is 1. The van der Waals surface area contributed by atoms with E-state index in [4.69, 9.17) is 0 Å². The summed E-state index contributed by atoms with van der Waals surface area (Å²) in [5, 5.41) is 3.23. The third-order valence-corrected chi connectivity index (χ3v) is 5.33. The monoisotopic (exact) mass is 301 g/mol. The molecule has 0 aromatic carbocycles. The van der Waals surface area contributed by atoms with Gasteiger partial charge in [-0.3, -0.25) is 0 Å². The Bertz CT molecular complexity index is 531. The standard InChI is InChI=1S/C16H23N5O/c22-16(19-12-4-1-2-5-12)21-11-7-13-14(21)6-10-20(13)15-17-8-3-9-18-15/h3,8-9,12-14H,1-2,4-7,10-11H2,(H,19,22)/t13-,14+/m1/s1. The molecule has 118 valence electrons. The molecule has 0 bridgehead atoms. The Balaban J connectivity index is 1.42. The number of rotatable bonds is 2. The summed E-state index contributed by atoms with van der Waals surface area (Å²) in [7, 11) is 0. The molecular weight excluding hydrogens is 278 g/mol. The zero-order valence-corrected chi connectivity index (χ0v) is 12.8. The second kappa shape index (κ2) is 5.74. The van der Waals surface area contributed by atoms with Crippen LogP contribution in [0.25, 0.3) is 0 Å². The summed E-state index contributed by atoms with van der Waals surface area (Å²) < 4.78 is 0. The molecule has 0 radical (unpaired) electrons. The Kier molecular flexibility index (Phi) is 3.60. The number of anilines is 1. The number of fused-ring (bicyclic) bond motifs is 1. The summed E-state index contributed by atoms with van der Waals surface area (Å²) in [6.45, 7) is 1.78. The highest BCUT2D eigenvalue weighted by Crippen LogP contribution is 2.33. The molecule has 6 nitrogen and oxygen atoms in total. The molecule has 0 spiro atoms. The van der Waals surface area contributed by atoms with Crippen LogP contribution in [0.5, 0.6) is 0 Å². The molecule has 1 saturated carbocycles. The minimum absolute atomic E-state index is 0.134. The number of nitrogens with one attached hydrogen (secondary N) is 1. The van der Waals surface area contributed by atoms with E-state index in [-0.39, 0.29) is 6.03 Å². The Morgan fingerprint density at radius 2 is 1.77 bits per heavy atom.